The van der Waals surface area contributed by atoms with Gasteiger partial charge in [0.2, 0.25) is 17.5 Å². The van der Waals surface area contributed by atoms with Crippen molar-refractivity contribution in [3.8, 4) is 0 Å². The number of rotatable bonds is 6. The van der Waals surface area contributed by atoms with Crippen LogP contribution in [0.25, 0.3) is 11.2 Å². The number of aromatic nitrogens is 4. The first-order valence-corrected chi connectivity index (χ1v) is 9.44. The maximum atomic E-state index is 15.0. The van der Waals surface area contributed by atoms with Crippen LogP contribution in [0.3, 0.4) is 0 Å². The van der Waals surface area contributed by atoms with Crippen LogP contribution >= 0.6 is 0 Å². The number of fused-ring (bicyclic) bond motifs is 1. The van der Waals surface area contributed by atoms with Gasteiger partial charge in [-0.2, -0.15) is 14.4 Å². The van der Waals surface area contributed by atoms with Crippen LogP contribution in [0.2, 0.25) is 0 Å². The quantitative estimate of drug-likeness (QED) is 0.284. The minimum Gasteiger partial charge on any atom is -0.382 e. The van der Waals surface area contributed by atoms with Crippen molar-refractivity contribution in [1.82, 2.24) is 19.5 Å². The lowest BCUT2D eigenvalue weighted by molar-refractivity contribution is -0.184. The van der Waals surface area contributed by atoms with Crippen molar-refractivity contribution in [2.24, 2.45) is 0 Å². The number of carbonyl (C=O) groups is 4. The predicted molar refractivity (Wildman–Crippen MR) is 104 cm³/mol. The molecule has 5 atom stereocenters. The first-order chi connectivity index (χ1) is 15.2. The largest absolute Gasteiger partial charge is 0.382 e. The second kappa shape index (κ2) is 7.87. The number of carbonyl (C=O) groups excluding carboxylic acids is 4. The molecule has 2 aromatic rings. The van der Waals surface area contributed by atoms with Crippen molar-refractivity contribution in [3.63, 3.8) is 0 Å². The molecule has 3 heterocycles. The van der Waals surface area contributed by atoms with Gasteiger partial charge in [0, 0.05) is 6.92 Å². The van der Waals surface area contributed by atoms with Crippen LogP contribution in [0.1, 0.15) is 33.9 Å². The van der Waals surface area contributed by atoms with Crippen LogP contribution in [0, 0.1) is 6.08 Å². The van der Waals surface area contributed by atoms with E-state index in [1.807, 2.05) is 0 Å². The first-order valence-electron chi connectivity index (χ1n) is 9.44. The Balaban J connectivity index is 2.36. The third-order valence-corrected chi connectivity index (χ3v) is 5.44. The van der Waals surface area contributed by atoms with Gasteiger partial charge in [-0.1, -0.05) is 0 Å². The molecule has 3 rings (SSSR count). The van der Waals surface area contributed by atoms with E-state index in [0.717, 1.165) is 27.7 Å². The fourth-order valence-electron chi connectivity index (χ4n) is 3.81. The zero-order valence-electron chi connectivity index (χ0n) is 17.7. The number of aromatic amines is 1. The maximum absolute atomic E-state index is 15.0. The van der Waals surface area contributed by atoms with E-state index in [9.17, 15) is 43.7 Å². The number of H-pyrrole nitrogens is 1. The highest BCUT2D eigenvalue weighted by Crippen LogP contribution is 2.49. The van der Waals surface area contributed by atoms with E-state index < -0.39 is 81.6 Å². The minimum absolute atomic E-state index is 0.304. The predicted octanol–water partition coefficient (Wildman–Crippen LogP) is -2.30. The molecule has 1 saturated heterocycles. The third-order valence-electron chi connectivity index (χ3n) is 5.44. The van der Waals surface area contributed by atoms with Gasteiger partial charge in [-0.3, -0.25) is 38.8 Å². The number of amides is 1. The highest BCUT2D eigenvalue weighted by atomic mass is 19.1. The number of Topliss-reactive ketones (excluding diaryl/α,β-unsaturated/α-hetero) is 3. The highest BCUT2D eigenvalue weighted by molar-refractivity contribution is 6.00. The average Bonchev–Trinajstić information content (AvgIpc) is 3.14. The van der Waals surface area contributed by atoms with Gasteiger partial charge in [0.1, 0.15) is 12.2 Å². The van der Waals surface area contributed by atoms with Crippen molar-refractivity contribution in [3.05, 3.63) is 16.4 Å². The van der Waals surface area contributed by atoms with Gasteiger partial charge in [0.15, 0.2) is 40.3 Å². The number of aliphatic hydroxyl groups is 3. The number of hydrogen-bond acceptors (Lipinski definition) is 11. The number of halogens is 1. The summed E-state index contributed by atoms with van der Waals surface area (Å²) < 4.78 is 20.6. The molecular weight excluding hydrogens is 449 g/mol. The van der Waals surface area contributed by atoms with E-state index in [1.165, 1.54) is 0 Å². The number of ketones is 3. The Morgan fingerprint density at radius 3 is 2.18 bits per heavy atom. The van der Waals surface area contributed by atoms with Crippen molar-refractivity contribution < 1.29 is 43.6 Å². The molecule has 1 aliphatic heterocycles. The van der Waals surface area contributed by atoms with Gasteiger partial charge in [-0.25, -0.2) is 0 Å². The SMILES string of the molecule is CC(=O)Nc1nc2c(nc(F)n2[C@@H]2O[C@H](C(O)C(C)=O)[C@](O)(C(C)=O)[C@]2(O)C(C)=O)c(=O)[nH]1. The Hall–Kier alpha value is -3.40. The van der Waals surface area contributed by atoms with Crippen molar-refractivity contribution in [1.29, 1.82) is 0 Å². The van der Waals surface area contributed by atoms with Gasteiger partial charge < -0.3 is 20.1 Å². The molecule has 33 heavy (non-hydrogen) atoms. The molecule has 2 aromatic heterocycles. The molecule has 1 aliphatic rings. The summed E-state index contributed by atoms with van der Waals surface area (Å²) in [6.45, 7) is 3.51. The minimum atomic E-state index is -3.26. The molecule has 0 radical (unpaired) electrons. The van der Waals surface area contributed by atoms with Gasteiger partial charge in [-0.05, 0) is 20.8 Å². The maximum Gasteiger partial charge on any atom is 0.293 e. The monoisotopic (exact) mass is 469 g/mol. The molecule has 178 valence electrons. The summed E-state index contributed by atoms with van der Waals surface area (Å²) in [5.41, 5.74) is -8.77. The fourth-order valence-corrected chi connectivity index (χ4v) is 3.81. The van der Waals surface area contributed by atoms with Gasteiger partial charge >= 0.3 is 0 Å². The van der Waals surface area contributed by atoms with E-state index >= 15 is 0 Å². The Morgan fingerprint density at radius 2 is 1.70 bits per heavy atom. The second-order valence-electron chi connectivity index (χ2n) is 7.63. The molecule has 0 bridgehead atoms. The number of anilines is 1. The molecule has 5 N–H and O–H groups in total. The van der Waals surface area contributed by atoms with Crippen LogP contribution in [0.5, 0.6) is 0 Å². The molecular formula is C18H20FN5O9. The lowest BCUT2D eigenvalue weighted by atomic mass is 9.73. The van der Waals surface area contributed by atoms with Crippen LogP contribution in [0.4, 0.5) is 10.3 Å². The van der Waals surface area contributed by atoms with Crippen LogP contribution < -0.4 is 10.9 Å². The number of ether oxygens (including phenoxy) is 1. The summed E-state index contributed by atoms with van der Waals surface area (Å²) in [5, 5.41) is 34.9. The summed E-state index contributed by atoms with van der Waals surface area (Å²) in [6.07, 6.45) is -8.26. The van der Waals surface area contributed by atoms with E-state index in [4.69, 9.17) is 4.74 Å². The molecule has 1 amide bonds. The van der Waals surface area contributed by atoms with E-state index in [1.54, 1.807) is 0 Å². The molecule has 0 aromatic carbocycles. The average molecular weight is 469 g/mol. The molecule has 1 unspecified atom stereocenters. The molecule has 15 heteroatoms. The summed E-state index contributed by atoms with van der Waals surface area (Å²) in [6, 6.07) is 0. The number of hydrogen-bond donors (Lipinski definition) is 5. The van der Waals surface area contributed by atoms with Crippen molar-refractivity contribution >= 4 is 40.4 Å². The summed E-state index contributed by atoms with van der Waals surface area (Å²) >= 11 is 0. The summed E-state index contributed by atoms with van der Waals surface area (Å²) in [5.74, 6) is -4.67. The molecule has 0 spiro atoms. The van der Waals surface area contributed by atoms with Gasteiger partial charge in [-0.15, -0.1) is 0 Å². The Bertz CT molecular complexity index is 1260. The summed E-state index contributed by atoms with van der Waals surface area (Å²) in [7, 11) is 0. The normalized spacial score (nSPS) is 28.0. The Kier molecular flexibility index (Phi) is 5.79. The fraction of sp³-hybridized carbons (Fsp3) is 0.500. The molecule has 1 fully saturated rings. The number of aliphatic hydroxyl groups excluding tert-OH is 1. The molecule has 0 saturated carbocycles. The van der Waals surface area contributed by atoms with Crippen LogP contribution in [-0.4, -0.2) is 81.5 Å². The van der Waals surface area contributed by atoms with Gasteiger partial charge in [0.05, 0.1) is 0 Å². The summed E-state index contributed by atoms with van der Waals surface area (Å²) in [4.78, 5) is 69.7. The zero-order valence-corrected chi connectivity index (χ0v) is 17.7. The Labute approximate surface area is 183 Å². The topological polar surface area (TPSA) is 214 Å². The molecule has 0 aliphatic carbocycles. The first kappa shape index (κ1) is 24.2. The zero-order chi connectivity index (χ0) is 25.0. The van der Waals surface area contributed by atoms with Crippen LogP contribution in [-0.2, 0) is 23.9 Å². The lowest BCUT2D eigenvalue weighted by Crippen LogP contribution is -2.67. The van der Waals surface area contributed by atoms with Crippen molar-refractivity contribution in [2.75, 3.05) is 5.32 Å². The van der Waals surface area contributed by atoms with Crippen molar-refractivity contribution in [2.45, 2.75) is 57.3 Å². The second-order valence-corrected chi connectivity index (χ2v) is 7.63. The smallest absolute Gasteiger partial charge is 0.293 e. The van der Waals surface area contributed by atoms with E-state index in [0.29, 0.717) is 4.57 Å². The van der Waals surface area contributed by atoms with Gasteiger partial charge in [0.25, 0.3) is 11.6 Å². The van der Waals surface area contributed by atoms with E-state index in [-0.39, 0.29) is 0 Å². The lowest BCUT2D eigenvalue weighted by Gasteiger charge is -2.37. The van der Waals surface area contributed by atoms with E-state index in [2.05, 4.69) is 20.3 Å². The molecule has 14 nitrogen and oxygen atoms in total. The number of nitrogens with zero attached hydrogens (tertiary/aromatic N) is 3. The highest BCUT2D eigenvalue weighted by Gasteiger charge is 2.74. The Morgan fingerprint density at radius 1 is 1.12 bits per heavy atom. The standard InChI is InChI=1S/C18H20FN5O9/c1-5(25)10(29)11-17(31,6(2)26)18(32,7(3)27)14(33-11)24-12-9(21-15(24)19)13(30)23-16(22-12)20-8(4)28/h10-11,14,29,31-32H,1-4H3,(H2,20,22,23,28,30)/t10?,11-,14-,17-,18+/m1/s1. The third kappa shape index (κ3) is 3.36. The van der Waals surface area contributed by atoms with Crippen LogP contribution in [0.15, 0.2) is 4.79 Å². The number of nitrogens with one attached hydrogen (secondary N) is 2. The number of imidazole rings is 1.